The molecule has 4 bridgehead atoms. The molecule has 4 fully saturated rings. The Morgan fingerprint density at radius 3 is 2.00 bits per heavy atom. The first-order valence-corrected chi connectivity index (χ1v) is 7.31. The van der Waals surface area contributed by atoms with E-state index in [4.69, 9.17) is 0 Å². The zero-order valence-electron chi connectivity index (χ0n) is 10.2. The van der Waals surface area contributed by atoms with Gasteiger partial charge in [-0.15, -0.1) is 0 Å². The summed E-state index contributed by atoms with van der Waals surface area (Å²) in [4.78, 5) is 4.48. The summed E-state index contributed by atoms with van der Waals surface area (Å²) >= 11 is 4.08. The molecule has 0 atom stereocenters. The van der Waals surface area contributed by atoms with Crippen LogP contribution in [0.15, 0.2) is 4.99 Å². The van der Waals surface area contributed by atoms with E-state index in [0.717, 1.165) is 23.7 Å². The second kappa shape index (κ2) is 3.72. The van der Waals surface area contributed by atoms with Gasteiger partial charge < -0.3 is 5.32 Å². The van der Waals surface area contributed by atoms with Gasteiger partial charge in [0, 0.05) is 14.1 Å². The quantitative estimate of drug-likeness (QED) is 0.447. The van der Waals surface area contributed by atoms with Gasteiger partial charge in [0.2, 0.25) is 0 Å². The third kappa shape index (κ3) is 1.33. The molecule has 0 amide bonds. The number of hydrogen-bond acceptors (Lipinski definition) is 1. The lowest BCUT2D eigenvalue weighted by Crippen LogP contribution is -2.60. The molecule has 0 aromatic heterocycles. The fraction of sp³-hybridized carbons (Fsp3) is 0.923. The van der Waals surface area contributed by atoms with Crippen molar-refractivity contribution in [1.29, 1.82) is 0 Å². The van der Waals surface area contributed by atoms with Crippen molar-refractivity contribution in [3.8, 4) is 0 Å². The molecule has 4 aliphatic carbocycles. The second-order valence-electron chi connectivity index (χ2n) is 5.89. The van der Waals surface area contributed by atoms with Gasteiger partial charge in [-0.3, -0.25) is 4.99 Å². The van der Waals surface area contributed by atoms with Crippen molar-refractivity contribution >= 4 is 21.8 Å². The van der Waals surface area contributed by atoms with Crippen molar-refractivity contribution in [3.05, 3.63) is 0 Å². The van der Waals surface area contributed by atoms with Gasteiger partial charge in [-0.25, -0.2) is 0 Å². The number of alkyl halides is 1. The maximum Gasteiger partial charge on any atom is 0.113 e. The van der Waals surface area contributed by atoms with Crippen LogP contribution in [0.25, 0.3) is 0 Å². The highest BCUT2D eigenvalue weighted by Crippen LogP contribution is 2.61. The number of aliphatic imine (C=N–C) groups is 1. The molecule has 0 aliphatic heterocycles. The molecule has 16 heavy (non-hydrogen) atoms. The van der Waals surface area contributed by atoms with Gasteiger partial charge in [-0.2, -0.15) is 0 Å². The number of rotatable bonds is 1. The Labute approximate surface area is 106 Å². The van der Waals surface area contributed by atoms with Gasteiger partial charge in [0.15, 0.2) is 0 Å². The molecule has 1 N–H and O–H groups in total. The van der Waals surface area contributed by atoms with E-state index in [1.165, 1.54) is 37.9 Å². The summed E-state index contributed by atoms with van der Waals surface area (Å²) in [6.45, 7) is 0. The van der Waals surface area contributed by atoms with E-state index < -0.39 is 0 Å². The Balaban J connectivity index is 1.96. The van der Waals surface area contributed by atoms with E-state index in [-0.39, 0.29) is 4.32 Å². The van der Waals surface area contributed by atoms with Gasteiger partial charge in [0.25, 0.3) is 0 Å². The first-order valence-electron chi connectivity index (χ1n) is 6.52. The molecule has 0 spiro atoms. The maximum atomic E-state index is 4.48. The van der Waals surface area contributed by atoms with E-state index in [1.54, 1.807) is 0 Å². The number of nitrogens with zero attached hydrogens (tertiary/aromatic N) is 1. The summed E-state index contributed by atoms with van der Waals surface area (Å²) < 4.78 is 0.171. The van der Waals surface area contributed by atoms with Crippen molar-refractivity contribution in [2.45, 2.75) is 36.4 Å². The molecule has 4 saturated carbocycles. The Morgan fingerprint density at radius 2 is 1.62 bits per heavy atom. The first-order chi connectivity index (χ1) is 7.68. The predicted octanol–water partition coefficient (Wildman–Crippen LogP) is 2.82. The Kier molecular flexibility index (Phi) is 2.58. The minimum absolute atomic E-state index is 0.171. The predicted molar refractivity (Wildman–Crippen MR) is 71.1 cm³/mol. The minimum atomic E-state index is 0.171. The lowest BCUT2D eigenvalue weighted by atomic mass is 9.51. The van der Waals surface area contributed by atoms with Crippen LogP contribution in [0.1, 0.15) is 32.1 Å². The number of hydrogen-bond donors (Lipinski definition) is 1. The smallest absolute Gasteiger partial charge is 0.113 e. The molecule has 2 nitrogen and oxygen atoms in total. The molecule has 0 unspecified atom stereocenters. The van der Waals surface area contributed by atoms with Crippen molar-refractivity contribution in [2.75, 3.05) is 14.1 Å². The number of halogens is 1. The van der Waals surface area contributed by atoms with Gasteiger partial charge >= 0.3 is 0 Å². The fourth-order valence-corrected chi connectivity index (χ4v) is 5.85. The van der Waals surface area contributed by atoms with Crippen LogP contribution in [0.2, 0.25) is 0 Å². The highest BCUT2D eigenvalue weighted by atomic mass is 79.9. The SMILES string of the molecule is CN=C(NC)C1(Br)C2CC3CC(C2)CC1C3. The second-order valence-corrected chi connectivity index (χ2v) is 7.21. The molecule has 0 aromatic carbocycles. The van der Waals surface area contributed by atoms with E-state index >= 15 is 0 Å². The van der Waals surface area contributed by atoms with Crippen LogP contribution in [0.3, 0.4) is 0 Å². The summed E-state index contributed by atoms with van der Waals surface area (Å²) in [5.74, 6) is 4.84. The molecule has 90 valence electrons. The zero-order valence-corrected chi connectivity index (χ0v) is 11.8. The van der Waals surface area contributed by atoms with Crippen molar-refractivity contribution in [1.82, 2.24) is 5.32 Å². The monoisotopic (exact) mass is 284 g/mol. The lowest BCUT2D eigenvalue weighted by Gasteiger charge is -2.59. The number of nitrogens with one attached hydrogen (secondary N) is 1. The minimum Gasteiger partial charge on any atom is -0.376 e. The normalized spacial score (nSPS) is 50.8. The summed E-state index contributed by atoms with van der Waals surface area (Å²) in [7, 11) is 3.93. The van der Waals surface area contributed by atoms with Gasteiger partial charge in [-0.1, -0.05) is 15.9 Å². The fourth-order valence-electron chi connectivity index (χ4n) is 4.73. The van der Waals surface area contributed by atoms with Crippen LogP contribution in [0.5, 0.6) is 0 Å². The number of amidine groups is 1. The van der Waals surface area contributed by atoms with E-state index in [9.17, 15) is 0 Å². The largest absolute Gasteiger partial charge is 0.376 e. The molecule has 3 heteroatoms. The zero-order chi connectivity index (χ0) is 11.3. The molecule has 0 aromatic rings. The highest BCUT2D eigenvalue weighted by molar-refractivity contribution is 9.10. The molecular formula is C13H21BrN2. The van der Waals surface area contributed by atoms with Gasteiger partial charge in [0.05, 0.1) is 4.32 Å². The van der Waals surface area contributed by atoms with Crippen LogP contribution >= 0.6 is 15.9 Å². The summed E-state index contributed by atoms with van der Waals surface area (Å²) in [6.07, 6.45) is 7.17. The van der Waals surface area contributed by atoms with Crippen molar-refractivity contribution in [3.63, 3.8) is 0 Å². The molecule has 0 saturated heterocycles. The van der Waals surface area contributed by atoms with Crippen LogP contribution in [-0.4, -0.2) is 24.3 Å². The molecule has 4 rings (SSSR count). The molecular weight excluding hydrogens is 264 g/mol. The van der Waals surface area contributed by atoms with Crippen molar-refractivity contribution < 1.29 is 0 Å². The van der Waals surface area contributed by atoms with Crippen LogP contribution in [0, 0.1) is 23.7 Å². The summed E-state index contributed by atoms with van der Waals surface area (Å²) in [6, 6.07) is 0. The molecule has 0 radical (unpaired) electrons. The average molecular weight is 285 g/mol. The van der Waals surface area contributed by atoms with E-state index in [1.807, 2.05) is 14.1 Å². The van der Waals surface area contributed by atoms with E-state index in [2.05, 4.69) is 26.2 Å². The average Bonchev–Trinajstić information content (AvgIpc) is 2.26. The van der Waals surface area contributed by atoms with Crippen molar-refractivity contribution in [2.24, 2.45) is 28.7 Å². The van der Waals surface area contributed by atoms with Crippen LogP contribution < -0.4 is 5.32 Å². The standard InChI is InChI=1S/C13H21BrN2/c1-15-12(16-2)13(14)10-4-8-3-9(6-10)7-11(13)5-8/h8-11H,3-7H2,1-2H3,(H,15,16). The summed E-state index contributed by atoms with van der Waals surface area (Å²) in [5, 5.41) is 3.32. The molecule has 0 heterocycles. The summed E-state index contributed by atoms with van der Waals surface area (Å²) in [5.41, 5.74) is 0. The van der Waals surface area contributed by atoms with E-state index in [0.29, 0.717) is 0 Å². The maximum absolute atomic E-state index is 4.48. The Morgan fingerprint density at radius 1 is 1.12 bits per heavy atom. The molecule has 4 aliphatic rings. The first kappa shape index (κ1) is 11.1. The van der Waals surface area contributed by atoms with Gasteiger partial charge in [0.1, 0.15) is 5.84 Å². The van der Waals surface area contributed by atoms with Crippen LogP contribution in [0.4, 0.5) is 0 Å². The Hall–Kier alpha value is -0.0500. The van der Waals surface area contributed by atoms with Gasteiger partial charge in [-0.05, 0) is 55.8 Å². The Bertz CT molecular complexity index is 296. The highest BCUT2D eigenvalue weighted by Gasteiger charge is 2.58. The third-order valence-corrected chi connectivity index (χ3v) is 6.82. The topological polar surface area (TPSA) is 24.4 Å². The van der Waals surface area contributed by atoms with Crippen LogP contribution in [-0.2, 0) is 0 Å². The third-order valence-electron chi connectivity index (χ3n) is 5.15. The lowest BCUT2D eigenvalue weighted by molar-refractivity contribution is 0.00920.